The van der Waals surface area contributed by atoms with E-state index in [2.05, 4.69) is 5.32 Å². The molecule has 0 heterocycles. The molecule has 24 heavy (non-hydrogen) atoms. The van der Waals surface area contributed by atoms with Gasteiger partial charge in [0.15, 0.2) is 17.7 Å². The van der Waals surface area contributed by atoms with Gasteiger partial charge in [-0.3, -0.25) is 4.79 Å². The minimum absolute atomic E-state index is 0.0619. The topological polar surface area (TPSA) is 47.6 Å². The third kappa shape index (κ3) is 5.13. The van der Waals surface area contributed by atoms with E-state index < -0.39 is 11.9 Å². The molecule has 0 unspecified atom stereocenters. The van der Waals surface area contributed by atoms with Crippen molar-refractivity contribution in [3.8, 4) is 11.5 Å². The zero-order valence-corrected chi connectivity index (χ0v) is 14.1. The van der Waals surface area contributed by atoms with Crippen LogP contribution >= 0.6 is 11.6 Å². The van der Waals surface area contributed by atoms with E-state index in [4.69, 9.17) is 21.1 Å². The Morgan fingerprint density at radius 1 is 1.17 bits per heavy atom. The molecule has 0 aromatic heterocycles. The van der Waals surface area contributed by atoms with Crippen molar-refractivity contribution in [3.05, 3.63) is 59.4 Å². The maximum Gasteiger partial charge on any atom is 0.261 e. The molecule has 1 amide bonds. The highest BCUT2D eigenvalue weighted by molar-refractivity contribution is 6.32. The van der Waals surface area contributed by atoms with E-state index >= 15 is 0 Å². The second-order valence-electron chi connectivity index (χ2n) is 5.02. The SMILES string of the molecule is CC[C@H](Oc1ccccc1F)C(=O)NCCOc1ccccc1Cl. The van der Waals surface area contributed by atoms with E-state index in [1.807, 2.05) is 12.1 Å². The smallest absolute Gasteiger partial charge is 0.261 e. The molecule has 2 aromatic carbocycles. The quantitative estimate of drug-likeness (QED) is 0.735. The Kier molecular flexibility index (Phi) is 6.88. The molecular formula is C18H19ClFNO3. The fourth-order valence-corrected chi connectivity index (χ4v) is 2.22. The lowest BCUT2D eigenvalue weighted by Crippen LogP contribution is -2.39. The summed E-state index contributed by atoms with van der Waals surface area (Å²) in [5.74, 6) is -0.191. The van der Waals surface area contributed by atoms with Gasteiger partial charge in [-0.25, -0.2) is 4.39 Å². The van der Waals surface area contributed by atoms with Gasteiger partial charge in [-0.2, -0.15) is 0 Å². The largest absolute Gasteiger partial charge is 0.490 e. The van der Waals surface area contributed by atoms with Crippen molar-refractivity contribution < 1.29 is 18.7 Å². The first-order chi connectivity index (χ1) is 11.6. The van der Waals surface area contributed by atoms with Gasteiger partial charge >= 0.3 is 0 Å². The molecule has 0 bridgehead atoms. The van der Waals surface area contributed by atoms with Gasteiger partial charge in [-0.05, 0) is 30.7 Å². The molecule has 0 aliphatic rings. The highest BCUT2D eigenvalue weighted by Crippen LogP contribution is 2.22. The Bertz CT molecular complexity index is 681. The number of hydrogen-bond acceptors (Lipinski definition) is 3. The monoisotopic (exact) mass is 351 g/mol. The third-order valence-corrected chi connectivity index (χ3v) is 3.58. The number of carbonyl (C=O) groups excluding carboxylic acids is 1. The molecule has 0 spiro atoms. The minimum atomic E-state index is -0.762. The third-order valence-electron chi connectivity index (χ3n) is 3.26. The molecule has 2 aromatic rings. The van der Waals surface area contributed by atoms with Crippen LogP contribution in [0.25, 0.3) is 0 Å². The second-order valence-corrected chi connectivity index (χ2v) is 5.42. The summed E-state index contributed by atoms with van der Waals surface area (Å²) in [6.45, 7) is 2.36. The number of para-hydroxylation sites is 2. The van der Waals surface area contributed by atoms with Gasteiger partial charge in [-0.15, -0.1) is 0 Å². The molecular weight excluding hydrogens is 333 g/mol. The first-order valence-corrected chi connectivity index (χ1v) is 8.05. The molecule has 4 nitrogen and oxygen atoms in total. The molecule has 1 N–H and O–H groups in total. The molecule has 0 saturated carbocycles. The lowest BCUT2D eigenvalue weighted by molar-refractivity contribution is -0.128. The average Bonchev–Trinajstić information content (AvgIpc) is 2.59. The van der Waals surface area contributed by atoms with E-state index in [9.17, 15) is 9.18 Å². The zero-order valence-electron chi connectivity index (χ0n) is 13.3. The number of amides is 1. The van der Waals surface area contributed by atoms with Crippen LogP contribution in [0.2, 0.25) is 5.02 Å². The van der Waals surface area contributed by atoms with Crippen molar-refractivity contribution in [2.24, 2.45) is 0 Å². The number of halogens is 2. The highest BCUT2D eigenvalue weighted by Gasteiger charge is 2.19. The molecule has 0 aliphatic heterocycles. The van der Waals surface area contributed by atoms with Gasteiger partial charge in [0.05, 0.1) is 11.6 Å². The Morgan fingerprint density at radius 3 is 2.50 bits per heavy atom. The molecule has 6 heteroatoms. The standard InChI is InChI=1S/C18H19ClFNO3/c1-2-15(24-17-10-6-4-8-14(17)20)18(22)21-11-12-23-16-9-5-3-7-13(16)19/h3-10,15H,2,11-12H2,1H3,(H,21,22)/t15-/m0/s1. The Morgan fingerprint density at radius 2 is 1.83 bits per heavy atom. The lowest BCUT2D eigenvalue weighted by atomic mass is 10.2. The summed E-state index contributed by atoms with van der Waals surface area (Å²) in [6, 6.07) is 13.1. The Balaban J connectivity index is 1.80. The molecule has 0 aliphatic carbocycles. The second kappa shape index (κ2) is 9.13. The van der Waals surface area contributed by atoms with Gasteiger partial charge in [-0.1, -0.05) is 42.8 Å². The Hall–Kier alpha value is -2.27. The average molecular weight is 352 g/mol. The van der Waals surface area contributed by atoms with E-state index in [1.165, 1.54) is 12.1 Å². The number of ether oxygens (including phenoxy) is 2. The van der Waals surface area contributed by atoms with Crippen LogP contribution in [0.1, 0.15) is 13.3 Å². The van der Waals surface area contributed by atoms with Crippen molar-refractivity contribution in [1.82, 2.24) is 5.32 Å². The summed E-state index contributed by atoms with van der Waals surface area (Å²) >= 11 is 5.98. The van der Waals surface area contributed by atoms with Crippen LogP contribution in [0, 0.1) is 5.82 Å². The van der Waals surface area contributed by atoms with Crippen LogP contribution in [0.5, 0.6) is 11.5 Å². The molecule has 0 radical (unpaired) electrons. The zero-order chi connectivity index (χ0) is 17.4. The van der Waals surface area contributed by atoms with Crippen LogP contribution in [-0.2, 0) is 4.79 Å². The first kappa shape index (κ1) is 18.1. The summed E-state index contributed by atoms with van der Waals surface area (Å²) < 4.78 is 24.5. The van der Waals surface area contributed by atoms with Gasteiger partial charge in [0.2, 0.25) is 0 Å². The molecule has 2 rings (SSSR count). The molecule has 1 atom stereocenters. The Labute approximate surface area is 145 Å². The minimum Gasteiger partial charge on any atom is -0.490 e. The predicted octanol–water partition coefficient (Wildman–Crippen LogP) is 3.83. The molecule has 0 fully saturated rings. The molecule has 128 valence electrons. The van der Waals surface area contributed by atoms with Crippen LogP contribution in [0.15, 0.2) is 48.5 Å². The lowest BCUT2D eigenvalue weighted by Gasteiger charge is -2.17. The van der Waals surface area contributed by atoms with E-state index in [0.29, 0.717) is 23.7 Å². The fourth-order valence-electron chi connectivity index (χ4n) is 2.03. The van der Waals surface area contributed by atoms with Gasteiger partial charge < -0.3 is 14.8 Å². The van der Waals surface area contributed by atoms with Gasteiger partial charge in [0, 0.05) is 0 Å². The summed E-state index contributed by atoms with van der Waals surface area (Å²) in [7, 11) is 0. The number of carbonyl (C=O) groups is 1. The number of benzene rings is 2. The number of nitrogens with one attached hydrogen (secondary N) is 1. The van der Waals surface area contributed by atoms with E-state index in [1.54, 1.807) is 31.2 Å². The molecule has 0 saturated heterocycles. The van der Waals surface area contributed by atoms with Crippen molar-refractivity contribution in [3.63, 3.8) is 0 Å². The van der Waals surface area contributed by atoms with Crippen molar-refractivity contribution in [1.29, 1.82) is 0 Å². The normalized spacial score (nSPS) is 11.6. The summed E-state index contributed by atoms with van der Waals surface area (Å²) in [4.78, 5) is 12.1. The summed E-state index contributed by atoms with van der Waals surface area (Å²) in [5.41, 5.74) is 0. The van der Waals surface area contributed by atoms with Crippen LogP contribution in [0.4, 0.5) is 4.39 Å². The summed E-state index contributed by atoms with van der Waals surface area (Å²) in [6.07, 6.45) is -0.340. The maximum absolute atomic E-state index is 13.6. The number of rotatable bonds is 8. The van der Waals surface area contributed by atoms with Crippen molar-refractivity contribution >= 4 is 17.5 Å². The van der Waals surface area contributed by atoms with E-state index in [0.717, 1.165) is 0 Å². The van der Waals surface area contributed by atoms with Crippen molar-refractivity contribution in [2.45, 2.75) is 19.4 Å². The predicted molar refractivity (Wildman–Crippen MR) is 91.1 cm³/mol. The van der Waals surface area contributed by atoms with E-state index in [-0.39, 0.29) is 18.3 Å². The van der Waals surface area contributed by atoms with Gasteiger partial charge in [0.25, 0.3) is 5.91 Å². The van der Waals surface area contributed by atoms with Crippen LogP contribution in [-0.4, -0.2) is 25.2 Å². The summed E-state index contributed by atoms with van der Waals surface area (Å²) in [5, 5.41) is 3.22. The highest BCUT2D eigenvalue weighted by atomic mass is 35.5. The van der Waals surface area contributed by atoms with Crippen LogP contribution < -0.4 is 14.8 Å². The fraction of sp³-hybridized carbons (Fsp3) is 0.278. The maximum atomic E-state index is 13.6. The van der Waals surface area contributed by atoms with Crippen LogP contribution in [0.3, 0.4) is 0 Å². The van der Waals surface area contributed by atoms with Crippen molar-refractivity contribution in [2.75, 3.05) is 13.2 Å². The number of hydrogen-bond donors (Lipinski definition) is 1. The van der Waals surface area contributed by atoms with Gasteiger partial charge in [0.1, 0.15) is 12.4 Å². The first-order valence-electron chi connectivity index (χ1n) is 7.68.